The Labute approximate surface area is 124 Å². The van der Waals surface area contributed by atoms with E-state index in [0.29, 0.717) is 12.1 Å². The zero-order valence-electron chi connectivity index (χ0n) is 12.2. The number of aryl methyl sites for hydroxylation is 1. The molecule has 4 nitrogen and oxygen atoms in total. The van der Waals surface area contributed by atoms with E-state index >= 15 is 0 Å². The average Bonchev–Trinajstić information content (AvgIpc) is 2.49. The molecular weight excluding hydrogens is 266 g/mol. The number of phenols is 1. The van der Waals surface area contributed by atoms with Crippen molar-refractivity contribution in [3.05, 3.63) is 59.2 Å². The first-order valence-electron chi connectivity index (χ1n) is 6.74. The Morgan fingerprint density at radius 3 is 2.81 bits per heavy atom. The molecular formula is C17H19NO3. The van der Waals surface area contributed by atoms with E-state index in [-0.39, 0.29) is 18.1 Å². The Hall–Kier alpha value is -2.33. The molecule has 0 aliphatic carbocycles. The fourth-order valence-corrected chi connectivity index (χ4v) is 2.07. The number of carbonyl (C=O) groups is 1. The summed E-state index contributed by atoms with van der Waals surface area (Å²) < 4.78 is 4.85. The topological polar surface area (TPSA) is 58.6 Å². The third-order valence-corrected chi connectivity index (χ3v) is 3.18. The largest absolute Gasteiger partial charge is 0.508 e. The molecule has 0 bridgehead atoms. The van der Waals surface area contributed by atoms with Crippen molar-refractivity contribution in [1.82, 2.24) is 0 Å². The molecule has 0 atom stereocenters. The van der Waals surface area contributed by atoms with Crippen LogP contribution in [0.25, 0.3) is 0 Å². The van der Waals surface area contributed by atoms with Crippen LogP contribution in [0.4, 0.5) is 5.69 Å². The molecule has 0 saturated heterocycles. The van der Waals surface area contributed by atoms with Crippen LogP contribution in [0.3, 0.4) is 0 Å². The molecule has 0 unspecified atom stereocenters. The van der Waals surface area contributed by atoms with Crippen LogP contribution in [0.2, 0.25) is 0 Å². The first-order valence-corrected chi connectivity index (χ1v) is 6.74. The third-order valence-electron chi connectivity index (χ3n) is 3.18. The van der Waals surface area contributed by atoms with Crippen LogP contribution in [0.15, 0.2) is 42.5 Å². The molecule has 2 aromatic rings. The molecule has 0 amide bonds. The SMILES string of the molecule is COCC(=O)c1cccc(NCc2cc(C)ccc2O)c1. The van der Waals surface area contributed by atoms with Crippen LogP contribution in [-0.2, 0) is 11.3 Å². The number of nitrogens with one attached hydrogen (secondary N) is 1. The molecule has 0 aliphatic rings. The second kappa shape index (κ2) is 6.90. The van der Waals surface area contributed by atoms with E-state index < -0.39 is 0 Å². The quantitative estimate of drug-likeness (QED) is 0.801. The van der Waals surface area contributed by atoms with Gasteiger partial charge in [-0.15, -0.1) is 0 Å². The molecule has 4 heteroatoms. The number of phenolic OH excluding ortho intramolecular Hbond substituents is 1. The summed E-state index contributed by atoms with van der Waals surface area (Å²) in [7, 11) is 1.50. The highest BCUT2D eigenvalue weighted by Gasteiger charge is 2.06. The highest BCUT2D eigenvalue weighted by molar-refractivity contribution is 5.97. The summed E-state index contributed by atoms with van der Waals surface area (Å²) in [4.78, 5) is 11.8. The Morgan fingerprint density at radius 1 is 1.24 bits per heavy atom. The van der Waals surface area contributed by atoms with Crippen molar-refractivity contribution in [3.63, 3.8) is 0 Å². The summed E-state index contributed by atoms with van der Waals surface area (Å²) in [6.45, 7) is 2.55. The molecule has 0 spiro atoms. The number of aromatic hydroxyl groups is 1. The van der Waals surface area contributed by atoms with Gasteiger partial charge >= 0.3 is 0 Å². The van der Waals surface area contributed by atoms with Crippen LogP contribution in [0.5, 0.6) is 5.75 Å². The summed E-state index contributed by atoms with van der Waals surface area (Å²) in [5.41, 5.74) is 3.35. The van der Waals surface area contributed by atoms with Crippen molar-refractivity contribution in [3.8, 4) is 5.75 Å². The average molecular weight is 285 g/mol. The van der Waals surface area contributed by atoms with Gasteiger partial charge in [-0.05, 0) is 25.1 Å². The number of hydrogen-bond acceptors (Lipinski definition) is 4. The maximum atomic E-state index is 11.8. The molecule has 21 heavy (non-hydrogen) atoms. The highest BCUT2D eigenvalue weighted by Crippen LogP contribution is 2.20. The standard InChI is InChI=1S/C17H19NO3/c1-12-6-7-16(19)14(8-12)10-18-15-5-3-4-13(9-15)17(20)11-21-2/h3-9,18-19H,10-11H2,1-2H3. The van der Waals surface area contributed by atoms with Crippen LogP contribution < -0.4 is 5.32 Å². The zero-order chi connectivity index (χ0) is 15.2. The van der Waals surface area contributed by atoms with Crippen molar-refractivity contribution in [2.45, 2.75) is 13.5 Å². The lowest BCUT2D eigenvalue weighted by molar-refractivity contribution is 0.0848. The van der Waals surface area contributed by atoms with Gasteiger partial charge in [0.05, 0.1) is 0 Å². The Bertz CT molecular complexity index is 638. The maximum Gasteiger partial charge on any atom is 0.188 e. The predicted molar refractivity (Wildman–Crippen MR) is 82.8 cm³/mol. The molecule has 0 heterocycles. The van der Waals surface area contributed by atoms with Gasteiger partial charge in [-0.3, -0.25) is 4.79 Å². The van der Waals surface area contributed by atoms with E-state index in [1.165, 1.54) is 7.11 Å². The van der Waals surface area contributed by atoms with Gasteiger partial charge in [-0.1, -0.05) is 29.8 Å². The summed E-state index contributed by atoms with van der Waals surface area (Å²) in [5, 5.41) is 13.0. The van der Waals surface area contributed by atoms with Crippen LogP contribution >= 0.6 is 0 Å². The zero-order valence-corrected chi connectivity index (χ0v) is 12.2. The van der Waals surface area contributed by atoms with Gasteiger partial charge in [-0.25, -0.2) is 0 Å². The Morgan fingerprint density at radius 2 is 2.05 bits per heavy atom. The molecule has 0 radical (unpaired) electrons. The van der Waals surface area contributed by atoms with Crippen molar-refractivity contribution >= 4 is 11.5 Å². The molecule has 0 fully saturated rings. The number of carbonyl (C=O) groups excluding carboxylic acids is 1. The van der Waals surface area contributed by atoms with Crippen molar-refractivity contribution in [2.75, 3.05) is 19.0 Å². The first-order chi connectivity index (χ1) is 10.1. The van der Waals surface area contributed by atoms with Crippen LogP contribution in [-0.4, -0.2) is 24.6 Å². The van der Waals surface area contributed by atoms with Gasteiger partial charge in [-0.2, -0.15) is 0 Å². The predicted octanol–water partition coefficient (Wildman–Crippen LogP) is 3.14. The van der Waals surface area contributed by atoms with E-state index in [9.17, 15) is 9.90 Å². The van der Waals surface area contributed by atoms with E-state index in [1.807, 2.05) is 31.2 Å². The normalized spacial score (nSPS) is 10.4. The lowest BCUT2D eigenvalue weighted by Gasteiger charge is -2.10. The van der Waals surface area contributed by atoms with Crippen molar-refractivity contribution in [2.24, 2.45) is 0 Å². The number of rotatable bonds is 6. The lowest BCUT2D eigenvalue weighted by atomic mass is 10.1. The molecule has 0 aliphatic heterocycles. The fourth-order valence-electron chi connectivity index (χ4n) is 2.07. The first kappa shape index (κ1) is 15.1. The Kier molecular flexibility index (Phi) is 4.95. The van der Waals surface area contributed by atoms with Crippen molar-refractivity contribution < 1.29 is 14.6 Å². The lowest BCUT2D eigenvalue weighted by Crippen LogP contribution is -2.08. The summed E-state index contributed by atoms with van der Waals surface area (Å²) in [6, 6.07) is 12.7. The number of ether oxygens (including phenoxy) is 1. The molecule has 0 aromatic heterocycles. The minimum absolute atomic E-state index is 0.0560. The van der Waals surface area contributed by atoms with E-state index in [0.717, 1.165) is 16.8 Å². The fraction of sp³-hybridized carbons (Fsp3) is 0.235. The molecule has 2 aromatic carbocycles. The number of Topliss-reactive ketones (excluding diaryl/α,β-unsaturated/α-hetero) is 1. The molecule has 110 valence electrons. The van der Waals surface area contributed by atoms with Crippen LogP contribution in [0, 0.1) is 6.92 Å². The minimum atomic E-state index is -0.0560. The van der Waals surface area contributed by atoms with E-state index in [1.54, 1.807) is 18.2 Å². The number of benzene rings is 2. The molecule has 0 saturated carbocycles. The number of hydrogen-bond donors (Lipinski definition) is 2. The van der Waals surface area contributed by atoms with Gasteiger partial charge in [0.25, 0.3) is 0 Å². The smallest absolute Gasteiger partial charge is 0.188 e. The maximum absolute atomic E-state index is 11.8. The van der Waals surface area contributed by atoms with E-state index in [2.05, 4.69) is 5.32 Å². The summed E-state index contributed by atoms with van der Waals surface area (Å²) >= 11 is 0. The van der Waals surface area contributed by atoms with Gasteiger partial charge in [0.2, 0.25) is 0 Å². The monoisotopic (exact) mass is 285 g/mol. The number of anilines is 1. The number of methoxy groups -OCH3 is 1. The third kappa shape index (κ3) is 4.07. The summed E-state index contributed by atoms with van der Waals surface area (Å²) in [5.74, 6) is 0.208. The summed E-state index contributed by atoms with van der Waals surface area (Å²) in [6.07, 6.45) is 0. The Balaban J connectivity index is 2.08. The second-order valence-corrected chi connectivity index (χ2v) is 4.92. The van der Waals surface area contributed by atoms with Gasteiger partial charge < -0.3 is 15.2 Å². The van der Waals surface area contributed by atoms with Gasteiger partial charge in [0.1, 0.15) is 12.4 Å². The van der Waals surface area contributed by atoms with Crippen LogP contribution in [0.1, 0.15) is 21.5 Å². The van der Waals surface area contributed by atoms with Gasteiger partial charge in [0.15, 0.2) is 5.78 Å². The molecule has 2 rings (SSSR count). The van der Waals surface area contributed by atoms with Crippen molar-refractivity contribution in [1.29, 1.82) is 0 Å². The highest BCUT2D eigenvalue weighted by atomic mass is 16.5. The number of ketones is 1. The minimum Gasteiger partial charge on any atom is -0.508 e. The van der Waals surface area contributed by atoms with Gasteiger partial charge in [0, 0.05) is 30.5 Å². The van der Waals surface area contributed by atoms with E-state index in [4.69, 9.17) is 4.74 Å². The molecule has 2 N–H and O–H groups in total. The second-order valence-electron chi connectivity index (χ2n) is 4.92.